The van der Waals surface area contributed by atoms with E-state index in [0.717, 1.165) is 5.69 Å². The van der Waals surface area contributed by atoms with Gasteiger partial charge in [-0.25, -0.2) is 4.68 Å². The van der Waals surface area contributed by atoms with Crippen molar-refractivity contribution in [3.8, 4) is 0 Å². The first kappa shape index (κ1) is 6.22. The molecule has 9 heavy (non-hydrogen) atoms. The fourth-order valence-corrected chi connectivity index (χ4v) is 0.676. The molecule has 1 aromatic heterocycles. The van der Waals surface area contributed by atoms with Gasteiger partial charge in [-0.1, -0.05) is 5.21 Å². The van der Waals surface area contributed by atoms with Gasteiger partial charge in [-0.15, -0.1) is 5.10 Å². The van der Waals surface area contributed by atoms with Crippen LogP contribution >= 0.6 is 0 Å². The molecule has 4 heteroatoms. The van der Waals surface area contributed by atoms with E-state index in [1.165, 1.54) is 0 Å². The molecule has 0 aliphatic rings. The second kappa shape index (κ2) is 2.14. The molecule has 0 spiro atoms. The normalized spacial score (nSPS) is 13.7. The Morgan fingerprint density at radius 1 is 1.78 bits per heavy atom. The number of aliphatic hydroxyl groups is 1. The van der Waals surface area contributed by atoms with Gasteiger partial charge < -0.3 is 5.11 Å². The molecule has 1 unspecified atom stereocenters. The number of aryl methyl sites for hydroxylation is 1. The lowest BCUT2D eigenvalue weighted by Gasteiger charge is -2.00. The summed E-state index contributed by atoms with van der Waals surface area (Å²) in [6.45, 7) is 1.68. The highest BCUT2D eigenvalue weighted by Crippen LogP contribution is 2.06. The van der Waals surface area contributed by atoms with Gasteiger partial charge in [0.05, 0.1) is 18.0 Å². The number of hydrogen-bond acceptors (Lipinski definition) is 3. The van der Waals surface area contributed by atoms with Crippen molar-refractivity contribution in [1.82, 2.24) is 15.0 Å². The van der Waals surface area contributed by atoms with Crippen LogP contribution in [-0.2, 0) is 7.05 Å². The molecule has 0 saturated carbocycles. The Morgan fingerprint density at radius 3 is 2.67 bits per heavy atom. The van der Waals surface area contributed by atoms with Gasteiger partial charge in [-0.3, -0.25) is 0 Å². The molecule has 0 radical (unpaired) electrons. The van der Waals surface area contributed by atoms with Crippen molar-refractivity contribution < 1.29 is 5.11 Å². The van der Waals surface area contributed by atoms with E-state index in [2.05, 4.69) is 10.3 Å². The predicted octanol–water partition coefficient (Wildman–Crippen LogP) is -0.132. The molecule has 0 aliphatic carbocycles. The van der Waals surface area contributed by atoms with Crippen LogP contribution in [0.3, 0.4) is 0 Å². The molecule has 1 N–H and O–H groups in total. The number of hydrogen-bond donors (Lipinski definition) is 1. The van der Waals surface area contributed by atoms with Crippen LogP contribution in [0.15, 0.2) is 6.20 Å². The molecule has 0 aromatic carbocycles. The van der Waals surface area contributed by atoms with Crippen molar-refractivity contribution in [2.24, 2.45) is 7.05 Å². The Balaban J connectivity index is 2.94. The van der Waals surface area contributed by atoms with Gasteiger partial charge in [0.2, 0.25) is 0 Å². The highest BCUT2D eigenvalue weighted by Gasteiger charge is 2.04. The SMILES string of the molecule is CC(O)c1cnnn1C. The van der Waals surface area contributed by atoms with E-state index in [4.69, 9.17) is 5.11 Å². The van der Waals surface area contributed by atoms with E-state index >= 15 is 0 Å². The Bertz CT molecular complexity index is 194. The lowest BCUT2D eigenvalue weighted by Crippen LogP contribution is -2.01. The average molecular weight is 127 g/mol. The second-order valence-electron chi connectivity index (χ2n) is 1.96. The molecule has 0 fully saturated rings. The summed E-state index contributed by atoms with van der Waals surface area (Å²) in [5.41, 5.74) is 0.731. The maximum Gasteiger partial charge on any atom is 0.0944 e. The van der Waals surface area contributed by atoms with Crippen LogP contribution in [0.1, 0.15) is 18.7 Å². The molecular weight excluding hydrogens is 118 g/mol. The minimum absolute atomic E-state index is 0.481. The van der Waals surface area contributed by atoms with Crippen LogP contribution < -0.4 is 0 Å². The first-order chi connectivity index (χ1) is 4.22. The second-order valence-corrected chi connectivity index (χ2v) is 1.96. The fourth-order valence-electron chi connectivity index (χ4n) is 0.676. The van der Waals surface area contributed by atoms with Crippen LogP contribution in [0, 0.1) is 0 Å². The third-order valence-corrected chi connectivity index (χ3v) is 1.18. The lowest BCUT2D eigenvalue weighted by atomic mass is 10.3. The molecule has 0 saturated heterocycles. The van der Waals surface area contributed by atoms with Crippen molar-refractivity contribution in [3.05, 3.63) is 11.9 Å². The lowest BCUT2D eigenvalue weighted by molar-refractivity contribution is 0.189. The van der Waals surface area contributed by atoms with Gasteiger partial charge in [0.1, 0.15) is 0 Å². The Morgan fingerprint density at radius 2 is 2.44 bits per heavy atom. The Labute approximate surface area is 53.1 Å². The minimum Gasteiger partial charge on any atom is -0.387 e. The van der Waals surface area contributed by atoms with E-state index in [1.54, 1.807) is 24.9 Å². The highest BCUT2D eigenvalue weighted by atomic mass is 16.3. The van der Waals surface area contributed by atoms with Crippen LogP contribution in [0.5, 0.6) is 0 Å². The van der Waals surface area contributed by atoms with E-state index in [9.17, 15) is 0 Å². The molecule has 50 valence electrons. The van der Waals surface area contributed by atoms with Gasteiger partial charge >= 0.3 is 0 Å². The third kappa shape index (κ3) is 1.08. The molecule has 1 aromatic rings. The topological polar surface area (TPSA) is 50.9 Å². The highest BCUT2D eigenvalue weighted by molar-refractivity contribution is 4.95. The van der Waals surface area contributed by atoms with Gasteiger partial charge in [-0.05, 0) is 6.92 Å². The number of aromatic nitrogens is 3. The Hall–Kier alpha value is -0.900. The number of rotatable bonds is 1. The first-order valence-corrected chi connectivity index (χ1v) is 2.74. The smallest absolute Gasteiger partial charge is 0.0944 e. The van der Waals surface area contributed by atoms with E-state index < -0.39 is 6.10 Å². The molecule has 1 rings (SSSR count). The zero-order chi connectivity index (χ0) is 6.85. The zero-order valence-electron chi connectivity index (χ0n) is 5.44. The molecule has 0 bridgehead atoms. The average Bonchev–Trinajstić information content (AvgIpc) is 2.13. The van der Waals surface area contributed by atoms with Gasteiger partial charge in [0.15, 0.2) is 0 Å². The predicted molar refractivity (Wildman–Crippen MR) is 31.6 cm³/mol. The molecule has 1 heterocycles. The van der Waals surface area contributed by atoms with Crippen molar-refractivity contribution in [1.29, 1.82) is 0 Å². The van der Waals surface area contributed by atoms with Crippen LogP contribution in [0.2, 0.25) is 0 Å². The summed E-state index contributed by atoms with van der Waals surface area (Å²) in [5, 5.41) is 16.2. The summed E-state index contributed by atoms with van der Waals surface area (Å²) in [4.78, 5) is 0. The summed E-state index contributed by atoms with van der Waals surface area (Å²) in [5.74, 6) is 0. The minimum atomic E-state index is -0.481. The Kier molecular flexibility index (Phi) is 1.48. The summed E-state index contributed by atoms with van der Waals surface area (Å²) >= 11 is 0. The standard InChI is InChI=1S/C5H9N3O/c1-4(9)5-3-6-7-8(5)2/h3-4,9H,1-2H3. The van der Waals surface area contributed by atoms with E-state index in [1.807, 2.05) is 0 Å². The van der Waals surface area contributed by atoms with E-state index in [-0.39, 0.29) is 0 Å². The summed E-state index contributed by atoms with van der Waals surface area (Å²) < 4.78 is 1.55. The largest absolute Gasteiger partial charge is 0.387 e. The van der Waals surface area contributed by atoms with Crippen LogP contribution in [-0.4, -0.2) is 20.1 Å². The van der Waals surface area contributed by atoms with Crippen molar-refractivity contribution in [2.75, 3.05) is 0 Å². The quantitative estimate of drug-likeness (QED) is 0.571. The summed E-state index contributed by atoms with van der Waals surface area (Å²) in [6, 6.07) is 0. The maximum absolute atomic E-state index is 8.99. The molecule has 4 nitrogen and oxygen atoms in total. The summed E-state index contributed by atoms with van der Waals surface area (Å²) in [6.07, 6.45) is 1.06. The number of aliphatic hydroxyl groups excluding tert-OH is 1. The third-order valence-electron chi connectivity index (χ3n) is 1.18. The van der Waals surface area contributed by atoms with Crippen LogP contribution in [0.25, 0.3) is 0 Å². The monoisotopic (exact) mass is 127 g/mol. The molecule has 0 amide bonds. The molecular formula is C5H9N3O. The summed E-state index contributed by atoms with van der Waals surface area (Å²) in [7, 11) is 1.75. The molecule has 0 aliphatic heterocycles. The van der Waals surface area contributed by atoms with Crippen molar-refractivity contribution >= 4 is 0 Å². The maximum atomic E-state index is 8.99. The van der Waals surface area contributed by atoms with Gasteiger partial charge in [0.25, 0.3) is 0 Å². The molecule has 1 atom stereocenters. The van der Waals surface area contributed by atoms with Crippen LogP contribution in [0.4, 0.5) is 0 Å². The zero-order valence-corrected chi connectivity index (χ0v) is 5.44. The van der Waals surface area contributed by atoms with Crippen molar-refractivity contribution in [2.45, 2.75) is 13.0 Å². The van der Waals surface area contributed by atoms with E-state index in [0.29, 0.717) is 0 Å². The van der Waals surface area contributed by atoms with Gasteiger partial charge in [-0.2, -0.15) is 0 Å². The fraction of sp³-hybridized carbons (Fsp3) is 0.600. The van der Waals surface area contributed by atoms with Crippen molar-refractivity contribution in [3.63, 3.8) is 0 Å². The number of nitrogens with zero attached hydrogens (tertiary/aromatic N) is 3. The first-order valence-electron chi connectivity index (χ1n) is 2.74. The van der Waals surface area contributed by atoms with Gasteiger partial charge in [0, 0.05) is 7.05 Å².